The summed E-state index contributed by atoms with van der Waals surface area (Å²) in [6.45, 7) is 3.85. The van der Waals surface area contributed by atoms with Crippen LogP contribution in [0.5, 0.6) is 0 Å². The zero-order valence-corrected chi connectivity index (χ0v) is 9.30. The first-order valence-electron chi connectivity index (χ1n) is 5.90. The second-order valence-corrected chi connectivity index (χ2v) is 4.30. The highest BCUT2D eigenvalue weighted by Gasteiger charge is 2.21. The quantitative estimate of drug-likeness (QED) is 0.357. The van der Waals surface area contributed by atoms with Crippen LogP contribution in [-0.2, 0) is 4.74 Å². The third-order valence-corrected chi connectivity index (χ3v) is 3.04. The van der Waals surface area contributed by atoms with Gasteiger partial charge in [0.25, 0.3) is 0 Å². The van der Waals surface area contributed by atoms with Gasteiger partial charge in [-0.25, -0.2) is 0 Å². The normalized spacial score (nSPS) is 19.3. The van der Waals surface area contributed by atoms with Crippen molar-refractivity contribution < 1.29 is 4.74 Å². The minimum Gasteiger partial charge on any atom is -0.381 e. The predicted octanol–water partition coefficient (Wildman–Crippen LogP) is 1.83. The van der Waals surface area contributed by atoms with E-state index in [1.54, 1.807) is 0 Å². The summed E-state index contributed by atoms with van der Waals surface area (Å²) in [4.78, 5) is 0. The molecule has 84 valence electrons. The van der Waals surface area contributed by atoms with Crippen molar-refractivity contribution in [2.75, 3.05) is 13.2 Å². The minimum absolute atomic E-state index is 0.456. The van der Waals surface area contributed by atoms with E-state index in [4.69, 9.17) is 10.6 Å². The SMILES string of the molecule is CCCOCCC(CC1CCC1)NN. The number of hydrazine groups is 1. The van der Waals surface area contributed by atoms with Crippen molar-refractivity contribution >= 4 is 0 Å². The minimum atomic E-state index is 0.456. The van der Waals surface area contributed by atoms with Gasteiger partial charge in [-0.15, -0.1) is 0 Å². The van der Waals surface area contributed by atoms with E-state index in [1.807, 2.05) is 0 Å². The molecule has 1 saturated carbocycles. The summed E-state index contributed by atoms with van der Waals surface area (Å²) in [6.07, 6.45) is 7.58. The third kappa shape index (κ3) is 4.40. The Balaban J connectivity index is 1.99. The van der Waals surface area contributed by atoms with Crippen LogP contribution < -0.4 is 11.3 Å². The van der Waals surface area contributed by atoms with Crippen molar-refractivity contribution in [2.45, 2.75) is 51.5 Å². The molecule has 0 aromatic rings. The topological polar surface area (TPSA) is 47.3 Å². The summed E-state index contributed by atoms with van der Waals surface area (Å²) >= 11 is 0. The van der Waals surface area contributed by atoms with E-state index in [-0.39, 0.29) is 0 Å². The Bertz CT molecular complexity index is 137. The van der Waals surface area contributed by atoms with Crippen LogP contribution in [0, 0.1) is 5.92 Å². The molecule has 0 aliphatic heterocycles. The maximum Gasteiger partial charge on any atom is 0.0481 e. The van der Waals surface area contributed by atoms with Crippen molar-refractivity contribution in [3.63, 3.8) is 0 Å². The van der Waals surface area contributed by atoms with Crippen LogP contribution in [-0.4, -0.2) is 19.3 Å². The van der Waals surface area contributed by atoms with Crippen LogP contribution in [0.2, 0.25) is 0 Å². The largest absolute Gasteiger partial charge is 0.381 e. The third-order valence-electron chi connectivity index (χ3n) is 3.04. The molecule has 1 atom stereocenters. The molecule has 1 rings (SSSR count). The molecule has 0 heterocycles. The van der Waals surface area contributed by atoms with Gasteiger partial charge in [0.15, 0.2) is 0 Å². The first-order chi connectivity index (χ1) is 6.86. The Labute approximate surface area is 87.4 Å². The van der Waals surface area contributed by atoms with Gasteiger partial charge in [0.2, 0.25) is 0 Å². The van der Waals surface area contributed by atoms with E-state index in [0.717, 1.165) is 32.0 Å². The van der Waals surface area contributed by atoms with E-state index < -0.39 is 0 Å². The Hall–Kier alpha value is -0.120. The summed E-state index contributed by atoms with van der Waals surface area (Å²) in [6, 6.07) is 0.456. The number of ether oxygens (including phenoxy) is 1. The highest BCUT2D eigenvalue weighted by atomic mass is 16.5. The molecule has 3 heteroatoms. The lowest BCUT2D eigenvalue weighted by Crippen LogP contribution is -2.38. The standard InChI is InChI=1S/C11H24N2O/c1-2-7-14-8-6-11(13-12)9-10-4-3-5-10/h10-11,13H,2-9,12H2,1H3. The molecular formula is C11H24N2O. The molecule has 1 aliphatic rings. The molecule has 1 unspecified atom stereocenters. The van der Waals surface area contributed by atoms with E-state index in [2.05, 4.69) is 12.3 Å². The van der Waals surface area contributed by atoms with Gasteiger partial charge in [-0.1, -0.05) is 26.2 Å². The van der Waals surface area contributed by atoms with E-state index >= 15 is 0 Å². The number of hydrogen-bond donors (Lipinski definition) is 2. The zero-order chi connectivity index (χ0) is 10.2. The first kappa shape index (κ1) is 12.0. The lowest BCUT2D eigenvalue weighted by molar-refractivity contribution is 0.118. The van der Waals surface area contributed by atoms with E-state index in [9.17, 15) is 0 Å². The first-order valence-corrected chi connectivity index (χ1v) is 5.90. The Morgan fingerprint density at radius 1 is 1.43 bits per heavy atom. The Morgan fingerprint density at radius 3 is 2.71 bits per heavy atom. The molecule has 0 amide bonds. The molecule has 14 heavy (non-hydrogen) atoms. The predicted molar refractivity (Wildman–Crippen MR) is 58.8 cm³/mol. The van der Waals surface area contributed by atoms with Gasteiger partial charge in [-0.3, -0.25) is 11.3 Å². The van der Waals surface area contributed by atoms with Crippen molar-refractivity contribution in [1.29, 1.82) is 0 Å². The lowest BCUT2D eigenvalue weighted by atomic mass is 9.80. The number of nitrogens with one attached hydrogen (secondary N) is 1. The van der Waals surface area contributed by atoms with Gasteiger partial charge in [0.1, 0.15) is 0 Å². The van der Waals surface area contributed by atoms with E-state index in [1.165, 1.54) is 25.7 Å². The molecule has 3 N–H and O–H groups in total. The fourth-order valence-electron chi connectivity index (χ4n) is 1.87. The fraction of sp³-hybridized carbons (Fsp3) is 1.00. The van der Waals surface area contributed by atoms with Crippen LogP contribution in [0.15, 0.2) is 0 Å². The van der Waals surface area contributed by atoms with Gasteiger partial charge in [0.05, 0.1) is 0 Å². The summed E-state index contributed by atoms with van der Waals surface area (Å²) in [5, 5.41) is 0. The molecular weight excluding hydrogens is 176 g/mol. The van der Waals surface area contributed by atoms with Crippen LogP contribution in [0.3, 0.4) is 0 Å². The summed E-state index contributed by atoms with van der Waals surface area (Å²) in [5.74, 6) is 6.43. The second-order valence-electron chi connectivity index (χ2n) is 4.30. The van der Waals surface area contributed by atoms with Gasteiger partial charge in [-0.05, 0) is 25.2 Å². The number of hydrogen-bond acceptors (Lipinski definition) is 3. The van der Waals surface area contributed by atoms with Crippen molar-refractivity contribution in [2.24, 2.45) is 11.8 Å². The Kier molecular flexibility index (Phi) is 6.15. The highest BCUT2D eigenvalue weighted by molar-refractivity contribution is 4.75. The number of rotatable bonds is 8. The van der Waals surface area contributed by atoms with Gasteiger partial charge in [0, 0.05) is 19.3 Å². The summed E-state index contributed by atoms with van der Waals surface area (Å²) in [7, 11) is 0. The van der Waals surface area contributed by atoms with Gasteiger partial charge in [-0.2, -0.15) is 0 Å². The van der Waals surface area contributed by atoms with Crippen LogP contribution >= 0.6 is 0 Å². The van der Waals surface area contributed by atoms with Crippen LogP contribution in [0.25, 0.3) is 0 Å². The van der Waals surface area contributed by atoms with Gasteiger partial charge >= 0.3 is 0 Å². The molecule has 3 nitrogen and oxygen atoms in total. The fourth-order valence-corrected chi connectivity index (χ4v) is 1.87. The van der Waals surface area contributed by atoms with Crippen molar-refractivity contribution in [3.8, 4) is 0 Å². The molecule has 0 saturated heterocycles. The van der Waals surface area contributed by atoms with E-state index in [0.29, 0.717) is 6.04 Å². The average molecular weight is 200 g/mol. The molecule has 0 bridgehead atoms. The molecule has 1 fully saturated rings. The molecule has 0 aromatic heterocycles. The lowest BCUT2D eigenvalue weighted by Gasteiger charge is -2.29. The molecule has 1 aliphatic carbocycles. The summed E-state index contributed by atoms with van der Waals surface area (Å²) < 4.78 is 5.45. The van der Waals surface area contributed by atoms with Crippen molar-refractivity contribution in [1.82, 2.24) is 5.43 Å². The average Bonchev–Trinajstić information content (AvgIpc) is 2.14. The second kappa shape index (κ2) is 7.21. The smallest absolute Gasteiger partial charge is 0.0481 e. The molecule has 0 radical (unpaired) electrons. The maximum atomic E-state index is 5.51. The summed E-state index contributed by atoms with van der Waals surface area (Å²) in [5.41, 5.74) is 2.90. The maximum absolute atomic E-state index is 5.51. The number of nitrogens with two attached hydrogens (primary N) is 1. The monoisotopic (exact) mass is 200 g/mol. The Morgan fingerprint density at radius 2 is 2.21 bits per heavy atom. The molecule has 0 aromatic carbocycles. The van der Waals surface area contributed by atoms with Crippen LogP contribution in [0.1, 0.15) is 45.4 Å². The van der Waals surface area contributed by atoms with Crippen molar-refractivity contribution in [3.05, 3.63) is 0 Å². The molecule has 0 spiro atoms. The zero-order valence-electron chi connectivity index (χ0n) is 9.30. The van der Waals surface area contributed by atoms with Gasteiger partial charge < -0.3 is 4.74 Å². The van der Waals surface area contributed by atoms with Crippen LogP contribution in [0.4, 0.5) is 0 Å². The highest BCUT2D eigenvalue weighted by Crippen LogP contribution is 2.30.